The van der Waals surface area contributed by atoms with Crippen LogP contribution in [0.4, 0.5) is 0 Å². The normalized spacial score (nSPS) is 20.4. The molecule has 2 heteroatoms. The molecule has 0 aromatic rings. The summed E-state index contributed by atoms with van der Waals surface area (Å²) in [7, 11) is 0. The van der Waals surface area contributed by atoms with Crippen molar-refractivity contribution in [1.29, 1.82) is 0 Å². The molecule has 0 N–H and O–H groups in total. The van der Waals surface area contributed by atoms with Gasteiger partial charge in [-0.15, -0.1) is 0 Å². The van der Waals surface area contributed by atoms with Crippen molar-refractivity contribution in [2.75, 3.05) is 32.8 Å². The first kappa shape index (κ1) is 9.75. The summed E-state index contributed by atoms with van der Waals surface area (Å²) < 4.78 is 5.26. The van der Waals surface area contributed by atoms with Crippen molar-refractivity contribution in [1.82, 2.24) is 4.90 Å². The van der Waals surface area contributed by atoms with Crippen LogP contribution in [-0.2, 0) is 4.74 Å². The van der Waals surface area contributed by atoms with Crippen LogP contribution in [0.15, 0.2) is 12.2 Å². The molecular weight excluding hydrogens is 150 g/mol. The van der Waals surface area contributed by atoms with Crippen LogP contribution in [0.5, 0.6) is 0 Å². The van der Waals surface area contributed by atoms with Crippen LogP contribution in [0.3, 0.4) is 0 Å². The highest BCUT2D eigenvalue weighted by Crippen LogP contribution is 1.97. The Morgan fingerprint density at radius 2 is 2.00 bits per heavy atom. The molecule has 70 valence electrons. The zero-order chi connectivity index (χ0) is 8.65. The summed E-state index contributed by atoms with van der Waals surface area (Å²) in [6.07, 6.45) is 7.01. The van der Waals surface area contributed by atoms with Gasteiger partial charge in [-0.2, -0.15) is 0 Å². The summed E-state index contributed by atoms with van der Waals surface area (Å²) in [5.74, 6) is 0. The molecule has 0 amide bonds. The van der Waals surface area contributed by atoms with E-state index in [1.807, 2.05) is 0 Å². The van der Waals surface area contributed by atoms with Crippen LogP contribution in [0.2, 0.25) is 0 Å². The van der Waals surface area contributed by atoms with Crippen LogP contribution >= 0.6 is 0 Å². The van der Waals surface area contributed by atoms with Gasteiger partial charge < -0.3 is 4.74 Å². The van der Waals surface area contributed by atoms with E-state index in [0.717, 1.165) is 32.8 Å². The molecule has 0 unspecified atom stereocenters. The number of morpholine rings is 1. The van der Waals surface area contributed by atoms with E-state index in [1.54, 1.807) is 0 Å². The topological polar surface area (TPSA) is 12.5 Å². The second kappa shape index (κ2) is 6.21. The summed E-state index contributed by atoms with van der Waals surface area (Å²) in [4.78, 5) is 2.43. The van der Waals surface area contributed by atoms with Crippen molar-refractivity contribution < 1.29 is 4.74 Å². The van der Waals surface area contributed by atoms with E-state index < -0.39 is 0 Å². The zero-order valence-corrected chi connectivity index (χ0v) is 7.96. The number of unbranched alkanes of at least 4 members (excludes halogenated alkanes) is 1. The summed E-state index contributed by atoms with van der Waals surface area (Å²) >= 11 is 0. The minimum Gasteiger partial charge on any atom is -0.379 e. The minimum atomic E-state index is 0.904. The van der Waals surface area contributed by atoms with Gasteiger partial charge in [-0.05, 0) is 6.42 Å². The van der Waals surface area contributed by atoms with Gasteiger partial charge in [0.25, 0.3) is 0 Å². The third-order valence-electron chi connectivity index (χ3n) is 2.09. The molecule has 0 spiro atoms. The first-order valence-corrected chi connectivity index (χ1v) is 4.88. The second-order valence-corrected chi connectivity index (χ2v) is 3.17. The molecule has 0 aromatic heterocycles. The molecule has 12 heavy (non-hydrogen) atoms. The molecule has 0 radical (unpaired) electrons. The molecule has 0 aliphatic carbocycles. The van der Waals surface area contributed by atoms with Crippen molar-refractivity contribution >= 4 is 0 Å². The molecule has 0 atom stereocenters. The summed E-state index contributed by atoms with van der Waals surface area (Å²) in [6, 6.07) is 0. The van der Waals surface area contributed by atoms with Crippen molar-refractivity contribution in [3.63, 3.8) is 0 Å². The molecule has 1 aliphatic rings. The van der Waals surface area contributed by atoms with Gasteiger partial charge in [-0.3, -0.25) is 4.90 Å². The first-order valence-electron chi connectivity index (χ1n) is 4.88. The van der Waals surface area contributed by atoms with Gasteiger partial charge >= 0.3 is 0 Å². The smallest absolute Gasteiger partial charge is 0.0594 e. The van der Waals surface area contributed by atoms with E-state index in [9.17, 15) is 0 Å². The van der Waals surface area contributed by atoms with Gasteiger partial charge in [0.2, 0.25) is 0 Å². The van der Waals surface area contributed by atoms with E-state index in [2.05, 4.69) is 24.0 Å². The summed E-state index contributed by atoms with van der Waals surface area (Å²) in [6.45, 7) is 7.30. The van der Waals surface area contributed by atoms with Crippen molar-refractivity contribution in [3.05, 3.63) is 12.2 Å². The number of ether oxygens (including phenoxy) is 1. The number of nitrogens with zero attached hydrogens (tertiary/aromatic N) is 1. The fourth-order valence-corrected chi connectivity index (χ4v) is 1.29. The van der Waals surface area contributed by atoms with Crippen molar-refractivity contribution in [2.45, 2.75) is 19.8 Å². The second-order valence-electron chi connectivity index (χ2n) is 3.17. The molecule has 1 rings (SSSR count). The molecule has 0 bridgehead atoms. The van der Waals surface area contributed by atoms with Crippen molar-refractivity contribution in [3.8, 4) is 0 Å². The highest BCUT2D eigenvalue weighted by molar-refractivity contribution is 4.84. The average molecular weight is 169 g/mol. The van der Waals surface area contributed by atoms with Crippen molar-refractivity contribution in [2.24, 2.45) is 0 Å². The largest absolute Gasteiger partial charge is 0.379 e. The van der Waals surface area contributed by atoms with Gasteiger partial charge in [0.1, 0.15) is 0 Å². The molecule has 1 fully saturated rings. The summed E-state index contributed by atoms with van der Waals surface area (Å²) in [5.41, 5.74) is 0. The maximum Gasteiger partial charge on any atom is 0.0594 e. The number of hydrogen-bond acceptors (Lipinski definition) is 2. The van der Waals surface area contributed by atoms with Gasteiger partial charge in [0.15, 0.2) is 0 Å². The Hall–Kier alpha value is -0.340. The lowest BCUT2D eigenvalue weighted by atomic mass is 10.3. The monoisotopic (exact) mass is 169 g/mol. The van der Waals surface area contributed by atoms with Gasteiger partial charge in [0.05, 0.1) is 13.2 Å². The lowest BCUT2D eigenvalue weighted by Gasteiger charge is -2.25. The molecule has 0 saturated carbocycles. The number of allylic oxidation sites excluding steroid dienone is 1. The van der Waals surface area contributed by atoms with E-state index in [0.29, 0.717) is 0 Å². The molecule has 1 aliphatic heterocycles. The van der Waals surface area contributed by atoms with Crippen LogP contribution in [0, 0.1) is 0 Å². The van der Waals surface area contributed by atoms with Crippen LogP contribution < -0.4 is 0 Å². The summed E-state index contributed by atoms with van der Waals surface area (Å²) in [5, 5.41) is 0. The predicted molar refractivity (Wildman–Crippen MR) is 51.3 cm³/mol. The Balaban J connectivity index is 2.04. The Morgan fingerprint density at radius 1 is 1.25 bits per heavy atom. The Morgan fingerprint density at radius 3 is 2.67 bits per heavy atom. The lowest BCUT2D eigenvalue weighted by molar-refractivity contribution is 0.0434. The van der Waals surface area contributed by atoms with Gasteiger partial charge in [-0.25, -0.2) is 0 Å². The Kier molecular flexibility index (Phi) is 5.04. The molecule has 0 aromatic carbocycles. The lowest BCUT2D eigenvalue weighted by Crippen LogP contribution is -2.36. The van der Waals surface area contributed by atoms with E-state index in [-0.39, 0.29) is 0 Å². The highest BCUT2D eigenvalue weighted by Gasteiger charge is 2.06. The fraction of sp³-hybridized carbons (Fsp3) is 0.800. The fourth-order valence-electron chi connectivity index (χ4n) is 1.29. The van der Waals surface area contributed by atoms with E-state index in [4.69, 9.17) is 4.74 Å². The maximum atomic E-state index is 5.26. The average Bonchev–Trinajstić information content (AvgIpc) is 2.14. The highest BCUT2D eigenvalue weighted by atomic mass is 16.5. The molecule has 1 heterocycles. The van der Waals surface area contributed by atoms with Crippen LogP contribution in [0.1, 0.15) is 19.8 Å². The quantitative estimate of drug-likeness (QED) is 0.594. The maximum absolute atomic E-state index is 5.26. The van der Waals surface area contributed by atoms with Crippen LogP contribution in [0.25, 0.3) is 0 Å². The number of hydrogen-bond donors (Lipinski definition) is 0. The standard InChI is InChI=1S/C10H19NO/c1-2-3-4-5-6-11-7-9-12-10-8-11/h4-5H,2-3,6-10H2,1H3. The molecule has 2 nitrogen and oxygen atoms in total. The number of rotatable bonds is 4. The Bertz CT molecular complexity index is 128. The Labute approximate surface area is 75.2 Å². The molecule has 1 saturated heterocycles. The third-order valence-corrected chi connectivity index (χ3v) is 2.09. The van der Waals surface area contributed by atoms with E-state index >= 15 is 0 Å². The van der Waals surface area contributed by atoms with Gasteiger partial charge in [-0.1, -0.05) is 25.5 Å². The zero-order valence-electron chi connectivity index (χ0n) is 7.96. The molecular formula is C10H19NO. The minimum absolute atomic E-state index is 0.904. The van der Waals surface area contributed by atoms with Crippen LogP contribution in [-0.4, -0.2) is 37.7 Å². The first-order chi connectivity index (χ1) is 5.93. The SMILES string of the molecule is CCCC=CCN1CCOCC1. The third kappa shape index (κ3) is 3.88. The predicted octanol–water partition coefficient (Wildman–Crippen LogP) is 1.67. The van der Waals surface area contributed by atoms with Gasteiger partial charge in [0, 0.05) is 19.6 Å². The van der Waals surface area contributed by atoms with E-state index in [1.165, 1.54) is 12.8 Å².